The normalized spacial score (nSPS) is 16.9. The number of benzene rings is 1. The second-order valence-corrected chi connectivity index (χ2v) is 7.01. The molecule has 1 fully saturated rings. The van der Waals surface area contributed by atoms with E-state index >= 15 is 0 Å². The van der Waals surface area contributed by atoms with Crippen LogP contribution in [0.4, 0.5) is 5.13 Å². The molecule has 1 aromatic heterocycles. The van der Waals surface area contributed by atoms with E-state index in [0.29, 0.717) is 5.92 Å². The Balaban J connectivity index is 1.69. The van der Waals surface area contributed by atoms with E-state index in [-0.39, 0.29) is 0 Å². The molecule has 1 saturated heterocycles. The van der Waals surface area contributed by atoms with Crippen molar-refractivity contribution in [2.45, 2.75) is 32.6 Å². The molecule has 108 valence electrons. The molecule has 0 radical (unpaired) electrons. The summed E-state index contributed by atoms with van der Waals surface area (Å²) in [5.74, 6) is 1.36. The first-order chi connectivity index (χ1) is 9.72. The average molecular weight is 289 g/mol. The number of thiazole rings is 1. The lowest BCUT2D eigenvalue weighted by Crippen LogP contribution is -2.31. The number of nitrogens with zero attached hydrogens (tertiary/aromatic N) is 1. The molecule has 2 heterocycles. The minimum Gasteiger partial charge on any atom is -0.361 e. The van der Waals surface area contributed by atoms with E-state index < -0.39 is 0 Å². The number of hydrogen-bond donors (Lipinski definition) is 2. The Labute approximate surface area is 124 Å². The maximum absolute atomic E-state index is 4.69. The van der Waals surface area contributed by atoms with Gasteiger partial charge in [0.05, 0.1) is 10.2 Å². The summed E-state index contributed by atoms with van der Waals surface area (Å²) in [6.07, 6.45) is 2.55. The fourth-order valence-electron chi connectivity index (χ4n) is 2.69. The van der Waals surface area contributed by atoms with Crippen LogP contribution in [0.5, 0.6) is 0 Å². The summed E-state index contributed by atoms with van der Waals surface area (Å²) in [4.78, 5) is 4.69. The molecule has 3 nitrogen and oxygen atoms in total. The highest BCUT2D eigenvalue weighted by atomic mass is 32.1. The highest BCUT2D eigenvalue weighted by Gasteiger charge is 2.13. The number of rotatable bonds is 4. The zero-order valence-electron chi connectivity index (χ0n) is 12.3. The molecule has 0 unspecified atom stereocenters. The first-order valence-electron chi connectivity index (χ1n) is 7.57. The Morgan fingerprint density at radius 2 is 2.15 bits per heavy atom. The van der Waals surface area contributed by atoms with Crippen molar-refractivity contribution < 1.29 is 0 Å². The van der Waals surface area contributed by atoms with Gasteiger partial charge in [-0.1, -0.05) is 31.3 Å². The van der Waals surface area contributed by atoms with Gasteiger partial charge in [-0.25, -0.2) is 4.98 Å². The van der Waals surface area contributed by atoms with Crippen molar-refractivity contribution in [2.75, 3.05) is 25.0 Å². The number of aromatic nitrogens is 1. The Morgan fingerprint density at radius 1 is 1.35 bits per heavy atom. The van der Waals surface area contributed by atoms with Crippen LogP contribution in [-0.4, -0.2) is 24.6 Å². The van der Waals surface area contributed by atoms with Gasteiger partial charge in [0.15, 0.2) is 5.13 Å². The molecular formula is C16H23N3S. The molecule has 0 bridgehead atoms. The van der Waals surface area contributed by atoms with Gasteiger partial charge in [-0.15, -0.1) is 0 Å². The molecule has 0 saturated carbocycles. The van der Waals surface area contributed by atoms with Crippen LogP contribution in [0.1, 0.15) is 38.2 Å². The highest BCUT2D eigenvalue weighted by molar-refractivity contribution is 7.22. The Hall–Kier alpha value is -1.13. The lowest BCUT2D eigenvalue weighted by molar-refractivity contribution is 0.390. The van der Waals surface area contributed by atoms with Crippen LogP contribution in [0.2, 0.25) is 0 Å². The lowest BCUT2D eigenvalue weighted by atomic mass is 9.98. The maximum Gasteiger partial charge on any atom is 0.183 e. The zero-order chi connectivity index (χ0) is 13.9. The molecule has 2 N–H and O–H groups in total. The van der Waals surface area contributed by atoms with E-state index in [9.17, 15) is 0 Å². The molecule has 20 heavy (non-hydrogen) atoms. The SMILES string of the molecule is CC(C)c1ccc2nc(NCC3CCNCC3)sc2c1. The van der Waals surface area contributed by atoms with Crippen molar-refractivity contribution in [3.63, 3.8) is 0 Å². The summed E-state index contributed by atoms with van der Waals surface area (Å²) in [7, 11) is 0. The van der Waals surface area contributed by atoms with Crippen molar-refractivity contribution in [2.24, 2.45) is 5.92 Å². The Morgan fingerprint density at radius 3 is 2.90 bits per heavy atom. The van der Waals surface area contributed by atoms with Gasteiger partial charge in [0.25, 0.3) is 0 Å². The standard InChI is InChI=1S/C16H23N3S/c1-11(2)13-3-4-14-15(9-13)20-16(19-14)18-10-12-5-7-17-8-6-12/h3-4,9,11-12,17H,5-8,10H2,1-2H3,(H,18,19). The van der Waals surface area contributed by atoms with Crippen molar-refractivity contribution in [3.05, 3.63) is 23.8 Å². The van der Waals surface area contributed by atoms with E-state index in [1.165, 1.54) is 23.1 Å². The van der Waals surface area contributed by atoms with Crippen molar-refractivity contribution in [1.82, 2.24) is 10.3 Å². The van der Waals surface area contributed by atoms with Gasteiger partial charge in [-0.3, -0.25) is 0 Å². The van der Waals surface area contributed by atoms with Crippen LogP contribution in [0.15, 0.2) is 18.2 Å². The number of fused-ring (bicyclic) bond motifs is 1. The molecule has 3 rings (SSSR count). The third-order valence-corrected chi connectivity index (χ3v) is 5.06. The predicted molar refractivity (Wildman–Crippen MR) is 87.8 cm³/mol. The fraction of sp³-hybridized carbons (Fsp3) is 0.562. The van der Waals surface area contributed by atoms with Crippen LogP contribution < -0.4 is 10.6 Å². The average Bonchev–Trinajstić information content (AvgIpc) is 2.88. The van der Waals surface area contributed by atoms with Crippen molar-refractivity contribution in [3.8, 4) is 0 Å². The topological polar surface area (TPSA) is 37.0 Å². The van der Waals surface area contributed by atoms with Crippen LogP contribution in [0, 0.1) is 5.92 Å². The molecule has 0 spiro atoms. The van der Waals surface area contributed by atoms with Crippen molar-refractivity contribution in [1.29, 1.82) is 0 Å². The van der Waals surface area contributed by atoms with Crippen LogP contribution in [0.25, 0.3) is 10.2 Å². The molecule has 0 amide bonds. The monoisotopic (exact) mass is 289 g/mol. The molecular weight excluding hydrogens is 266 g/mol. The zero-order valence-corrected chi connectivity index (χ0v) is 13.1. The van der Waals surface area contributed by atoms with Gasteiger partial charge < -0.3 is 10.6 Å². The lowest BCUT2D eigenvalue weighted by Gasteiger charge is -2.22. The molecule has 1 aliphatic heterocycles. The van der Waals surface area contributed by atoms with Gasteiger partial charge in [-0.05, 0) is 55.5 Å². The van der Waals surface area contributed by atoms with E-state index in [2.05, 4.69) is 47.7 Å². The van der Waals surface area contributed by atoms with E-state index in [1.54, 1.807) is 11.3 Å². The first-order valence-corrected chi connectivity index (χ1v) is 8.39. The third-order valence-electron chi connectivity index (χ3n) is 4.08. The second kappa shape index (κ2) is 6.10. The predicted octanol–water partition coefficient (Wildman–Crippen LogP) is 3.83. The minimum absolute atomic E-state index is 0.577. The molecule has 4 heteroatoms. The quantitative estimate of drug-likeness (QED) is 0.898. The molecule has 0 atom stereocenters. The molecule has 0 aliphatic carbocycles. The third kappa shape index (κ3) is 3.13. The van der Waals surface area contributed by atoms with E-state index in [0.717, 1.165) is 36.2 Å². The van der Waals surface area contributed by atoms with Gasteiger partial charge in [0.1, 0.15) is 0 Å². The van der Waals surface area contributed by atoms with Crippen molar-refractivity contribution >= 4 is 26.7 Å². The largest absolute Gasteiger partial charge is 0.361 e. The molecule has 1 aromatic carbocycles. The summed E-state index contributed by atoms with van der Waals surface area (Å²) < 4.78 is 1.30. The molecule has 1 aliphatic rings. The van der Waals surface area contributed by atoms with Gasteiger partial charge in [0.2, 0.25) is 0 Å². The summed E-state index contributed by atoms with van der Waals surface area (Å²) in [6, 6.07) is 6.63. The van der Waals surface area contributed by atoms with E-state index in [1.807, 2.05) is 0 Å². The number of hydrogen-bond acceptors (Lipinski definition) is 4. The summed E-state index contributed by atoms with van der Waals surface area (Å²) in [5.41, 5.74) is 2.51. The maximum atomic E-state index is 4.69. The van der Waals surface area contributed by atoms with Gasteiger partial charge >= 0.3 is 0 Å². The summed E-state index contributed by atoms with van der Waals surface area (Å²) in [6.45, 7) is 7.84. The Kier molecular flexibility index (Phi) is 4.22. The van der Waals surface area contributed by atoms with Crippen LogP contribution in [-0.2, 0) is 0 Å². The first kappa shape index (κ1) is 13.8. The summed E-state index contributed by atoms with van der Waals surface area (Å²) >= 11 is 1.78. The smallest absolute Gasteiger partial charge is 0.183 e. The van der Waals surface area contributed by atoms with Gasteiger partial charge in [0, 0.05) is 6.54 Å². The minimum atomic E-state index is 0.577. The van der Waals surface area contributed by atoms with Crippen LogP contribution >= 0.6 is 11.3 Å². The Bertz CT molecular complexity index is 570. The second-order valence-electron chi connectivity index (χ2n) is 5.98. The number of anilines is 1. The van der Waals surface area contributed by atoms with E-state index in [4.69, 9.17) is 0 Å². The number of piperidine rings is 1. The summed E-state index contributed by atoms with van der Waals surface area (Å²) in [5, 5.41) is 8.01. The van der Waals surface area contributed by atoms with Crippen LogP contribution in [0.3, 0.4) is 0 Å². The van der Waals surface area contributed by atoms with Gasteiger partial charge in [-0.2, -0.15) is 0 Å². The highest BCUT2D eigenvalue weighted by Crippen LogP contribution is 2.29. The molecule has 2 aromatic rings. The fourth-order valence-corrected chi connectivity index (χ4v) is 3.61. The number of nitrogens with one attached hydrogen (secondary N) is 2.